The molecular formula is C11H20FN. The van der Waals surface area contributed by atoms with Crippen LogP contribution in [0, 0.1) is 5.92 Å². The normalized spacial score (nSPS) is 36.7. The molecule has 2 heteroatoms. The van der Waals surface area contributed by atoms with E-state index in [0.29, 0.717) is 12.5 Å². The van der Waals surface area contributed by atoms with Gasteiger partial charge in [0.2, 0.25) is 0 Å². The summed E-state index contributed by atoms with van der Waals surface area (Å²) < 4.78 is 14.0. The molecule has 1 unspecified atom stereocenters. The number of alkyl halides is 1. The van der Waals surface area contributed by atoms with Crippen LogP contribution in [-0.4, -0.2) is 18.8 Å². The van der Waals surface area contributed by atoms with Crippen molar-refractivity contribution in [3.05, 3.63) is 0 Å². The predicted octanol–water partition coefficient (Wildman–Crippen LogP) is 2.66. The van der Waals surface area contributed by atoms with Gasteiger partial charge in [0.05, 0.1) is 0 Å². The largest absolute Gasteiger partial charge is 0.313 e. The molecular weight excluding hydrogens is 165 g/mol. The van der Waals surface area contributed by atoms with Crippen molar-refractivity contribution in [1.29, 1.82) is 0 Å². The summed E-state index contributed by atoms with van der Waals surface area (Å²) in [6.45, 7) is 1.48. The van der Waals surface area contributed by atoms with E-state index in [1.165, 1.54) is 32.1 Å². The Morgan fingerprint density at radius 1 is 1.23 bits per heavy atom. The maximum Gasteiger partial charge on any atom is 0.124 e. The fraction of sp³-hybridized carbons (Fsp3) is 1.00. The average Bonchev–Trinajstić information content (AvgIpc) is 2.54. The number of halogens is 1. The highest BCUT2D eigenvalue weighted by Gasteiger charge is 2.36. The van der Waals surface area contributed by atoms with Gasteiger partial charge in [-0.3, -0.25) is 0 Å². The smallest absolute Gasteiger partial charge is 0.124 e. The molecule has 1 heterocycles. The van der Waals surface area contributed by atoms with Crippen molar-refractivity contribution in [1.82, 2.24) is 5.32 Å². The fourth-order valence-corrected chi connectivity index (χ4v) is 2.80. The van der Waals surface area contributed by atoms with Crippen LogP contribution in [0.15, 0.2) is 0 Å². The third-order valence-corrected chi connectivity index (χ3v) is 3.57. The van der Waals surface area contributed by atoms with Gasteiger partial charge in [0.25, 0.3) is 0 Å². The lowest BCUT2D eigenvalue weighted by Gasteiger charge is -2.27. The molecule has 2 fully saturated rings. The molecule has 0 radical (unpaired) electrons. The quantitative estimate of drug-likeness (QED) is 0.697. The first-order valence-corrected chi connectivity index (χ1v) is 5.68. The number of rotatable bonds is 2. The molecule has 0 amide bonds. The van der Waals surface area contributed by atoms with Crippen molar-refractivity contribution < 1.29 is 4.39 Å². The number of hydrogen-bond donors (Lipinski definition) is 1. The van der Waals surface area contributed by atoms with Crippen LogP contribution >= 0.6 is 0 Å². The summed E-state index contributed by atoms with van der Waals surface area (Å²) in [5, 5.41) is 3.13. The first kappa shape index (κ1) is 9.45. The Morgan fingerprint density at radius 3 is 2.62 bits per heavy atom. The predicted molar refractivity (Wildman–Crippen MR) is 52.5 cm³/mol. The summed E-state index contributed by atoms with van der Waals surface area (Å²) in [5.74, 6) is 0.679. The molecule has 0 aromatic rings. The molecule has 0 bridgehead atoms. The summed E-state index contributed by atoms with van der Waals surface area (Å²) in [6.07, 6.45) is 8.12. The minimum atomic E-state index is -0.859. The van der Waals surface area contributed by atoms with E-state index in [-0.39, 0.29) is 0 Å². The van der Waals surface area contributed by atoms with E-state index >= 15 is 0 Å². The SMILES string of the molecule is FC1(CC2CCCCC2)CCNC1. The highest BCUT2D eigenvalue weighted by Crippen LogP contribution is 2.35. The maximum atomic E-state index is 14.0. The lowest BCUT2D eigenvalue weighted by molar-refractivity contribution is 0.131. The summed E-state index contributed by atoms with van der Waals surface area (Å²) in [6, 6.07) is 0. The fourth-order valence-electron chi connectivity index (χ4n) is 2.80. The van der Waals surface area contributed by atoms with Gasteiger partial charge in [0, 0.05) is 6.54 Å². The van der Waals surface area contributed by atoms with Gasteiger partial charge in [-0.2, -0.15) is 0 Å². The molecule has 0 spiro atoms. The van der Waals surface area contributed by atoms with Gasteiger partial charge in [-0.15, -0.1) is 0 Å². The zero-order valence-corrected chi connectivity index (χ0v) is 8.32. The maximum absolute atomic E-state index is 14.0. The Bertz CT molecular complexity index is 157. The lowest BCUT2D eigenvalue weighted by Crippen LogP contribution is -2.29. The highest BCUT2D eigenvalue weighted by atomic mass is 19.1. The third kappa shape index (κ3) is 2.43. The van der Waals surface area contributed by atoms with E-state index in [0.717, 1.165) is 19.4 Å². The van der Waals surface area contributed by atoms with Crippen LogP contribution in [0.3, 0.4) is 0 Å². The van der Waals surface area contributed by atoms with Crippen molar-refractivity contribution in [2.45, 2.75) is 50.6 Å². The van der Waals surface area contributed by atoms with Crippen LogP contribution in [0.25, 0.3) is 0 Å². The van der Waals surface area contributed by atoms with Gasteiger partial charge in [-0.1, -0.05) is 32.1 Å². The second kappa shape index (κ2) is 3.95. The third-order valence-electron chi connectivity index (χ3n) is 3.57. The van der Waals surface area contributed by atoms with Crippen LogP contribution in [0.5, 0.6) is 0 Å². The summed E-state index contributed by atoms with van der Waals surface area (Å²) >= 11 is 0. The molecule has 0 aromatic heterocycles. The topological polar surface area (TPSA) is 12.0 Å². The second-order valence-electron chi connectivity index (χ2n) is 4.79. The second-order valence-corrected chi connectivity index (χ2v) is 4.79. The summed E-state index contributed by atoms with van der Waals surface area (Å²) in [7, 11) is 0. The van der Waals surface area contributed by atoms with Gasteiger partial charge < -0.3 is 5.32 Å². The summed E-state index contributed by atoms with van der Waals surface area (Å²) in [5.41, 5.74) is -0.859. The minimum absolute atomic E-state index is 0.601. The van der Waals surface area contributed by atoms with Crippen molar-refractivity contribution >= 4 is 0 Å². The van der Waals surface area contributed by atoms with Crippen LogP contribution < -0.4 is 5.32 Å². The Morgan fingerprint density at radius 2 is 2.00 bits per heavy atom. The molecule has 2 rings (SSSR count). The zero-order chi connectivity index (χ0) is 9.15. The van der Waals surface area contributed by atoms with E-state index < -0.39 is 5.67 Å². The Hall–Kier alpha value is -0.110. The van der Waals surface area contributed by atoms with Crippen LogP contribution in [0.2, 0.25) is 0 Å². The van der Waals surface area contributed by atoms with Gasteiger partial charge in [-0.05, 0) is 25.3 Å². The van der Waals surface area contributed by atoms with Gasteiger partial charge in [0.15, 0.2) is 0 Å². The minimum Gasteiger partial charge on any atom is -0.313 e. The molecule has 1 aliphatic carbocycles. The van der Waals surface area contributed by atoms with Gasteiger partial charge in [0.1, 0.15) is 5.67 Å². The van der Waals surface area contributed by atoms with Crippen molar-refractivity contribution in [3.63, 3.8) is 0 Å². The van der Waals surface area contributed by atoms with E-state index in [1.54, 1.807) is 0 Å². The number of hydrogen-bond acceptors (Lipinski definition) is 1. The molecule has 1 saturated heterocycles. The van der Waals surface area contributed by atoms with Crippen LogP contribution in [-0.2, 0) is 0 Å². The molecule has 1 N–H and O–H groups in total. The van der Waals surface area contributed by atoms with E-state index in [9.17, 15) is 4.39 Å². The standard InChI is InChI=1S/C11H20FN/c12-11(6-7-13-9-11)8-10-4-2-1-3-5-10/h10,13H,1-9H2. The highest BCUT2D eigenvalue weighted by molar-refractivity contribution is 4.90. The first-order valence-electron chi connectivity index (χ1n) is 5.68. The average molecular weight is 185 g/mol. The van der Waals surface area contributed by atoms with Gasteiger partial charge in [-0.25, -0.2) is 4.39 Å². The van der Waals surface area contributed by atoms with Crippen LogP contribution in [0.1, 0.15) is 44.9 Å². The zero-order valence-electron chi connectivity index (χ0n) is 8.32. The molecule has 1 aliphatic heterocycles. The lowest BCUT2D eigenvalue weighted by atomic mass is 9.81. The molecule has 2 aliphatic rings. The monoisotopic (exact) mass is 185 g/mol. The summed E-state index contributed by atoms with van der Waals surface area (Å²) in [4.78, 5) is 0. The molecule has 1 nitrogen and oxygen atoms in total. The molecule has 76 valence electrons. The van der Waals surface area contributed by atoms with Crippen molar-refractivity contribution in [3.8, 4) is 0 Å². The van der Waals surface area contributed by atoms with E-state index in [1.807, 2.05) is 0 Å². The van der Waals surface area contributed by atoms with Crippen molar-refractivity contribution in [2.24, 2.45) is 5.92 Å². The molecule has 1 atom stereocenters. The Labute approximate surface area is 80.1 Å². The number of nitrogens with one attached hydrogen (secondary N) is 1. The van der Waals surface area contributed by atoms with E-state index in [2.05, 4.69) is 5.32 Å². The van der Waals surface area contributed by atoms with Gasteiger partial charge >= 0.3 is 0 Å². The van der Waals surface area contributed by atoms with Crippen LogP contribution in [0.4, 0.5) is 4.39 Å². The van der Waals surface area contributed by atoms with Crippen molar-refractivity contribution in [2.75, 3.05) is 13.1 Å². The Balaban J connectivity index is 1.81. The molecule has 1 saturated carbocycles. The molecule has 0 aromatic carbocycles. The van der Waals surface area contributed by atoms with E-state index in [4.69, 9.17) is 0 Å². The molecule has 13 heavy (non-hydrogen) atoms. The first-order chi connectivity index (χ1) is 6.29. The Kier molecular flexibility index (Phi) is 2.87.